The van der Waals surface area contributed by atoms with Crippen molar-refractivity contribution in [3.63, 3.8) is 0 Å². The lowest BCUT2D eigenvalue weighted by atomic mass is 10.1. The molecule has 0 bridgehead atoms. The Labute approximate surface area is 91.8 Å². The Bertz CT molecular complexity index is 482. The number of hydrogen-bond donors (Lipinski definition) is 0. The van der Waals surface area contributed by atoms with E-state index in [1.54, 1.807) is 25.3 Å². The molecule has 4 heteroatoms. The molecule has 0 spiro atoms. The van der Waals surface area contributed by atoms with Gasteiger partial charge in [0.1, 0.15) is 16.8 Å². The Kier molecular flexibility index (Phi) is 2.64. The van der Waals surface area contributed by atoms with Gasteiger partial charge in [0.05, 0.1) is 0 Å². The first-order valence-electron chi connectivity index (χ1n) is 4.42. The Morgan fingerprint density at radius 3 is 2.47 bits per heavy atom. The van der Waals surface area contributed by atoms with E-state index < -0.39 is 0 Å². The molecular formula is C11H8ClFN2. The minimum absolute atomic E-state index is 0.275. The summed E-state index contributed by atoms with van der Waals surface area (Å²) in [6, 6.07) is 6.06. The zero-order valence-corrected chi connectivity index (χ0v) is 8.79. The number of rotatable bonds is 1. The molecule has 0 saturated heterocycles. The standard InChI is InChI=1S/C11H8ClFN2/c1-7-14-6-10(11(12)15-7)8-2-4-9(13)5-3-8/h2-6H,1H3. The molecule has 0 aliphatic rings. The van der Waals surface area contributed by atoms with Gasteiger partial charge in [0.25, 0.3) is 0 Å². The number of hydrogen-bond acceptors (Lipinski definition) is 2. The van der Waals surface area contributed by atoms with E-state index in [4.69, 9.17) is 11.6 Å². The van der Waals surface area contributed by atoms with Gasteiger partial charge in [-0.1, -0.05) is 23.7 Å². The summed E-state index contributed by atoms with van der Waals surface area (Å²) in [5, 5.41) is 0.383. The molecule has 2 rings (SSSR count). The van der Waals surface area contributed by atoms with Gasteiger partial charge in [0.2, 0.25) is 0 Å². The second-order valence-corrected chi connectivity index (χ2v) is 3.49. The summed E-state index contributed by atoms with van der Waals surface area (Å²) in [4.78, 5) is 8.08. The quantitative estimate of drug-likeness (QED) is 0.693. The summed E-state index contributed by atoms with van der Waals surface area (Å²) < 4.78 is 12.7. The fourth-order valence-corrected chi connectivity index (χ4v) is 1.55. The molecule has 0 radical (unpaired) electrons. The molecule has 1 aromatic heterocycles. The van der Waals surface area contributed by atoms with Crippen LogP contribution in [0.5, 0.6) is 0 Å². The topological polar surface area (TPSA) is 25.8 Å². The highest BCUT2D eigenvalue weighted by Gasteiger charge is 2.05. The zero-order chi connectivity index (χ0) is 10.8. The van der Waals surface area contributed by atoms with Crippen LogP contribution in [0, 0.1) is 12.7 Å². The van der Waals surface area contributed by atoms with Crippen LogP contribution in [-0.2, 0) is 0 Å². The van der Waals surface area contributed by atoms with E-state index in [1.807, 2.05) is 0 Å². The maximum atomic E-state index is 12.7. The highest BCUT2D eigenvalue weighted by molar-refractivity contribution is 6.32. The lowest BCUT2D eigenvalue weighted by molar-refractivity contribution is 0.628. The molecule has 2 aromatic rings. The monoisotopic (exact) mass is 222 g/mol. The van der Waals surface area contributed by atoms with Gasteiger partial charge < -0.3 is 0 Å². The predicted octanol–water partition coefficient (Wildman–Crippen LogP) is 3.24. The molecule has 76 valence electrons. The third kappa shape index (κ3) is 2.13. The highest BCUT2D eigenvalue weighted by Crippen LogP contribution is 2.25. The smallest absolute Gasteiger partial charge is 0.140 e. The molecule has 0 fully saturated rings. The molecule has 0 atom stereocenters. The first-order chi connectivity index (χ1) is 7.16. The van der Waals surface area contributed by atoms with Crippen molar-refractivity contribution < 1.29 is 4.39 Å². The van der Waals surface area contributed by atoms with Crippen LogP contribution in [0.3, 0.4) is 0 Å². The molecule has 1 aromatic carbocycles. The van der Waals surface area contributed by atoms with Crippen molar-refractivity contribution >= 4 is 11.6 Å². The van der Waals surface area contributed by atoms with Crippen LogP contribution in [0.1, 0.15) is 5.82 Å². The van der Waals surface area contributed by atoms with Gasteiger partial charge in [-0.25, -0.2) is 14.4 Å². The lowest BCUT2D eigenvalue weighted by Crippen LogP contribution is -1.90. The first-order valence-corrected chi connectivity index (χ1v) is 4.79. The largest absolute Gasteiger partial charge is 0.241 e. The van der Waals surface area contributed by atoms with Crippen molar-refractivity contribution in [2.75, 3.05) is 0 Å². The first kappa shape index (κ1) is 10.1. The van der Waals surface area contributed by atoms with Gasteiger partial charge in [-0.3, -0.25) is 0 Å². The summed E-state index contributed by atoms with van der Waals surface area (Å²) in [5.74, 6) is 0.341. The third-order valence-electron chi connectivity index (χ3n) is 2.02. The minimum Gasteiger partial charge on any atom is -0.241 e. The lowest BCUT2D eigenvalue weighted by Gasteiger charge is -2.03. The molecule has 0 N–H and O–H groups in total. The van der Waals surface area contributed by atoms with Crippen LogP contribution in [0.2, 0.25) is 5.15 Å². The van der Waals surface area contributed by atoms with Gasteiger partial charge in [-0.05, 0) is 24.6 Å². The molecule has 0 amide bonds. The molecule has 0 unspecified atom stereocenters. The summed E-state index contributed by atoms with van der Waals surface area (Å²) in [5.41, 5.74) is 1.52. The average molecular weight is 223 g/mol. The Hall–Kier alpha value is -1.48. The fraction of sp³-hybridized carbons (Fsp3) is 0.0909. The minimum atomic E-state index is -0.275. The van der Waals surface area contributed by atoms with E-state index in [9.17, 15) is 4.39 Å². The second kappa shape index (κ2) is 3.95. The Morgan fingerprint density at radius 2 is 1.87 bits per heavy atom. The number of benzene rings is 1. The highest BCUT2D eigenvalue weighted by atomic mass is 35.5. The van der Waals surface area contributed by atoms with E-state index >= 15 is 0 Å². The second-order valence-electron chi connectivity index (χ2n) is 3.13. The van der Waals surface area contributed by atoms with E-state index in [0.29, 0.717) is 16.5 Å². The summed E-state index contributed by atoms with van der Waals surface area (Å²) >= 11 is 5.96. The van der Waals surface area contributed by atoms with Gasteiger partial charge in [0.15, 0.2) is 0 Å². The number of aryl methyl sites for hydroxylation is 1. The van der Waals surface area contributed by atoms with Crippen LogP contribution in [-0.4, -0.2) is 9.97 Å². The maximum Gasteiger partial charge on any atom is 0.140 e. The van der Waals surface area contributed by atoms with Crippen molar-refractivity contribution in [3.8, 4) is 11.1 Å². The van der Waals surface area contributed by atoms with E-state index in [2.05, 4.69) is 9.97 Å². The van der Waals surface area contributed by atoms with E-state index in [1.165, 1.54) is 12.1 Å². The van der Waals surface area contributed by atoms with Gasteiger partial charge in [-0.15, -0.1) is 0 Å². The number of aromatic nitrogens is 2. The van der Waals surface area contributed by atoms with Gasteiger partial charge >= 0.3 is 0 Å². The van der Waals surface area contributed by atoms with Gasteiger partial charge in [0, 0.05) is 11.8 Å². The summed E-state index contributed by atoms with van der Waals surface area (Å²) in [6.07, 6.45) is 1.64. The van der Waals surface area contributed by atoms with Crippen molar-refractivity contribution in [1.82, 2.24) is 9.97 Å². The molecule has 2 nitrogen and oxygen atoms in total. The zero-order valence-electron chi connectivity index (χ0n) is 8.04. The SMILES string of the molecule is Cc1ncc(-c2ccc(F)cc2)c(Cl)n1. The van der Waals surface area contributed by atoms with Crippen LogP contribution in [0.15, 0.2) is 30.5 Å². The summed E-state index contributed by atoms with van der Waals surface area (Å²) in [7, 11) is 0. The molecule has 0 aliphatic carbocycles. The maximum absolute atomic E-state index is 12.7. The van der Waals surface area contributed by atoms with E-state index in [0.717, 1.165) is 5.56 Å². The van der Waals surface area contributed by atoms with Crippen LogP contribution >= 0.6 is 11.6 Å². The van der Waals surface area contributed by atoms with Crippen molar-refractivity contribution in [2.24, 2.45) is 0 Å². The fourth-order valence-electron chi connectivity index (χ4n) is 1.27. The van der Waals surface area contributed by atoms with Crippen molar-refractivity contribution in [3.05, 3.63) is 47.3 Å². The van der Waals surface area contributed by atoms with Gasteiger partial charge in [-0.2, -0.15) is 0 Å². The van der Waals surface area contributed by atoms with Crippen molar-refractivity contribution in [1.29, 1.82) is 0 Å². The average Bonchev–Trinajstić information content (AvgIpc) is 2.20. The summed E-state index contributed by atoms with van der Waals surface area (Å²) in [6.45, 7) is 1.76. The third-order valence-corrected chi connectivity index (χ3v) is 2.31. The Balaban J connectivity index is 2.49. The van der Waals surface area contributed by atoms with Crippen LogP contribution < -0.4 is 0 Å². The van der Waals surface area contributed by atoms with E-state index in [-0.39, 0.29) is 5.82 Å². The molecule has 0 saturated carbocycles. The molecular weight excluding hydrogens is 215 g/mol. The molecule has 1 heterocycles. The normalized spacial score (nSPS) is 10.3. The number of nitrogens with zero attached hydrogens (tertiary/aromatic N) is 2. The molecule has 15 heavy (non-hydrogen) atoms. The van der Waals surface area contributed by atoms with Crippen LogP contribution in [0.25, 0.3) is 11.1 Å². The number of halogens is 2. The molecule has 0 aliphatic heterocycles. The predicted molar refractivity (Wildman–Crippen MR) is 57.2 cm³/mol. The van der Waals surface area contributed by atoms with Crippen LogP contribution in [0.4, 0.5) is 4.39 Å². The Morgan fingerprint density at radius 1 is 1.20 bits per heavy atom. The van der Waals surface area contributed by atoms with Crippen molar-refractivity contribution in [2.45, 2.75) is 6.92 Å².